The Morgan fingerprint density at radius 3 is 2.68 bits per heavy atom. The summed E-state index contributed by atoms with van der Waals surface area (Å²) in [5.41, 5.74) is 0.324. The molecule has 0 bridgehead atoms. The highest BCUT2D eigenvalue weighted by atomic mass is 19.1. The second kappa shape index (κ2) is 5.97. The Bertz CT molecular complexity index is 525. The Labute approximate surface area is 111 Å². The molecule has 1 aromatic carbocycles. The molecule has 0 saturated carbocycles. The first kappa shape index (κ1) is 13.7. The van der Waals surface area contributed by atoms with Gasteiger partial charge in [-0.1, -0.05) is 6.92 Å². The van der Waals surface area contributed by atoms with Crippen molar-refractivity contribution in [1.82, 2.24) is 5.32 Å². The van der Waals surface area contributed by atoms with Gasteiger partial charge in [0.05, 0.1) is 12.3 Å². The van der Waals surface area contributed by atoms with Crippen LogP contribution in [0, 0.1) is 11.6 Å². The zero-order chi connectivity index (χ0) is 13.8. The largest absolute Gasteiger partial charge is 0.468 e. The van der Waals surface area contributed by atoms with E-state index < -0.39 is 11.6 Å². The van der Waals surface area contributed by atoms with Crippen LogP contribution in [0.2, 0.25) is 0 Å². The summed E-state index contributed by atoms with van der Waals surface area (Å²) in [5, 5.41) is 3.25. The van der Waals surface area contributed by atoms with Gasteiger partial charge in [0.15, 0.2) is 0 Å². The van der Waals surface area contributed by atoms with E-state index in [4.69, 9.17) is 4.42 Å². The van der Waals surface area contributed by atoms with E-state index in [1.54, 1.807) is 6.26 Å². The molecule has 0 amide bonds. The third kappa shape index (κ3) is 3.20. The Balaban J connectivity index is 2.15. The third-order valence-corrected chi connectivity index (χ3v) is 3.17. The maximum Gasteiger partial charge on any atom is 0.128 e. The van der Waals surface area contributed by atoms with Crippen molar-refractivity contribution in [2.75, 3.05) is 0 Å². The predicted octanol–water partition coefficient (Wildman–Crippen LogP) is 4.36. The molecule has 1 aromatic heterocycles. The first-order chi connectivity index (χ1) is 9.11. The van der Waals surface area contributed by atoms with Crippen LogP contribution >= 0.6 is 0 Å². The van der Waals surface area contributed by atoms with Crippen LogP contribution in [0.1, 0.15) is 43.7 Å². The summed E-state index contributed by atoms with van der Waals surface area (Å²) >= 11 is 0. The topological polar surface area (TPSA) is 25.2 Å². The Kier molecular flexibility index (Phi) is 4.32. The van der Waals surface area contributed by atoms with Crippen LogP contribution in [0.15, 0.2) is 41.0 Å². The molecule has 0 fully saturated rings. The zero-order valence-electron chi connectivity index (χ0n) is 11.0. The summed E-state index contributed by atoms with van der Waals surface area (Å²) < 4.78 is 32.2. The normalized spacial score (nSPS) is 14.3. The lowest BCUT2D eigenvalue weighted by atomic mass is 10.0. The molecule has 2 nitrogen and oxygen atoms in total. The van der Waals surface area contributed by atoms with Gasteiger partial charge >= 0.3 is 0 Å². The monoisotopic (exact) mass is 265 g/mol. The van der Waals surface area contributed by atoms with E-state index in [2.05, 4.69) is 5.32 Å². The second-order valence-corrected chi connectivity index (χ2v) is 4.53. The van der Waals surface area contributed by atoms with Crippen molar-refractivity contribution in [2.45, 2.75) is 32.4 Å². The van der Waals surface area contributed by atoms with Gasteiger partial charge in [-0.25, -0.2) is 8.78 Å². The molecular formula is C15H17F2NO. The smallest absolute Gasteiger partial charge is 0.128 e. The second-order valence-electron chi connectivity index (χ2n) is 4.53. The Morgan fingerprint density at radius 1 is 1.26 bits per heavy atom. The fraction of sp³-hybridized carbons (Fsp3) is 0.333. The summed E-state index contributed by atoms with van der Waals surface area (Å²) in [6, 6.07) is 6.86. The molecule has 0 aliphatic heterocycles. The molecule has 1 N–H and O–H groups in total. The van der Waals surface area contributed by atoms with Gasteiger partial charge in [0.2, 0.25) is 0 Å². The molecule has 1 heterocycles. The van der Waals surface area contributed by atoms with Crippen molar-refractivity contribution in [1.29, 1.82) is 0 Å². The quantitative estimate of drug-likeness (QED) is 0.869. The first-order valence-corrected chi connectivity index (χ1v) is 6.36. The summed E-state index contributed by atoms with van der Waals surface area (Å²) in [6.07, 6.45) is 2.40. The first-order valence-electron chi connectivity index (χ1n) is 6.36. The molecule has 0 aliphatic rings. The molecule has 0 spiro atoms. The van der Waals surface area contributed by atoms with E-state index in [0.717, 1.165) is 24.3 Å². The molecule has 2 atom stereocenters. The summed E-state index contributed by atoms with van der Waals surface area (Å²) in [7, 11) is 0. The van der Waals surface area contributed by atoms with Crippen LogP contribution in [0.3, 0.4) is 0 Å². The van der Waals surface area contributed by atoms with E-state index in [0.29, 0.717) is 5.56 Å². The van der Waals surface area contributed by atoms with Gasteiger partial charge in [-0.2, -0.15) is 0 Å². The van der Waals surface area contributed by atoms with Crippen LogP contribution < -0.4 is 5.32 Å². The number of nitrogens with one attached hydrogen (secondary N) is 1. The van der Waals surface area contributed by atoms with E-state index in [-0.39, 0.29) is 12.1 Å². The van der Waals surface area contributed by atoms with Crippen LogP contribution in [-0.4, -0.2) is 0 Å². The maximum atomic E-state index is 13.7. The van der Waals surface area contributed by atoms with Crippen molar-refractivity contribution in [3.05, 3.63) is 59.6 Å². The SMILES string of the molecule is CCC(NC(C)c1cc(F)ccc1F)c1ccco1. The molecule has 2 aromatic rings. The number of furan rings is 1. The summed E-state index contributed by atoms with van der Waals surface area (Å²) in [5.74, 6) is -0.0436. The van der Waals surface area contributed by atoms with Gasteiger partial charge in [0.25, 0.3) is 0 Å². The van der Waals surface area contributed by atoms with Crippen molar-refractivity contribution in [3.63, 3.8) is 0 Å². The van der Waals surface area contributed by atoms with Gasteiger partial charge in [0.1, 0.15) is 17.4 Å². The van der Waals surface area contributed by atoms with E-state index in [1.807, 2.05) is 26.0 Å². The third-order valence-electron chi connectivity index (χ3n) is 3.17. The van der Waals surface area contributed by atoms with Crippen molar-refractivity contribution in [2.24, 2.45) is 0 Å². The van der Waals surface area contributed by atoms with Crippen LogP contribution in [-0.2, 0) is 0 Å². The number of rotatable bonds is 5. The maximum absolute atomic E-state index is 13.7. The fourth-order valence-corrected chi connectivity index (χ4v) is 2.13. The number of halogens is 2. The minimum atomic E-state index is -0.434. The highest BCUT2D eigenvalue weighted by molar-refractivity contribution is 5.22. The van der Waals surface area contributed by atoms with Crippen molar-refractivity contribution in [3.8, 4) is 0 Å². The minimum absolute atomic E-state index is 0.0207. The van der Waals surface area contributed by atoms with Crippen LogP contribution in [0.4, 0.5) is 8.78 Å². The molecule has 102 valence electrons. The summed E-state index contributed by atoms with van der Waals surface area (Å²) in [4.78, 5) is 0. The zero-order valence-corrected chi connectivity index (χ0v) is 11.0. The Morgan fingerprint density at radius 2 is 2.05 bits per heavy atom. The lowest BCUT2D eigenvalue weighted by molar-refractivity contribution is 0.371. The number of hydrogen-bond acceptors (Lipinski definition) is 2. The molecule has 0 saturated heterocycles. The van der Waals surface area contributed by atoms with Crippen LogP contribution in [0.5, 0.6) is 0 Å². The van der Waals surface area contributed by atoms with Gasteiger partial charge in [0, 0.05) is 11.6 Å². The lowest BCUT2D eigenvalue weighted by Gasteiger charge is -2.21. The minimum Gasteiger partial charge on any atom is -0.468 e. The molecular weight excluding hydrogens is 248 g/mol. The average molecular weight is 265 g/mol. The molecule has 19 heavy (non-hydrogen) atoms. The van der Waals surface area contributed by atoms with Crippen molar-refractivity contribution < 1.29 is 13.2 Å². The van der Waals surface area contributed by atoms with Gasteiger partial charge in [-0.3, -0.25) is 0 Å². The van der Waals surface area contributed by atoms with E-state index >= 15 is 0 Å². The standard InChI is InChI=1S/C15H17F2NO/c1-3-14(15-5-4-8-19-15)18-10(2)12-9-11(16)6-7-13(12)17/h4-10,14,18H,3H2,1-2H3. The fourth-order valence-electron chi connectivity index (χ4n) is 2.13. The van der Waals surface area contributed by atoms with Gasteiger partial charge in [-0.15, -0.1) is 0 Å². The molecule has 0 radical (unpaired) electrons. The molecule has 2 rings (SSSR count). The highest BCUT2D eigenvalue weighted by Gasteiger charge is 2.18. The van der Waals surface area contributed by atoms with Crippen LogP contribution in [0.25, 0.3) is 0 Å². The van der Waals surface area contributed by atoms with E-state index in [9.17, 15) is 8.78 Å². The number of hydrogen-bond donors (Lipinski definition) is 1. The lowest BCUT2D eigenvalue weighted by Crippen LogP contribution is -2.24. The Hall–Kier alpha value is -1.68. The predicted molar refractivity (Wildman–Crippen MR) is 69.6 cm³/mol. The van der Waals surface area contributed by atoms with Gasteiger partial charge in [-0.05, 0) is 43.7 Å². The molecule has 2 unspecified atom stereocenters. The average Bonchev–Trinajstić information content (AvgIpc) is 2.92. The van der Waals surface area contributed by atoms with Gasteiger partial charge < -0.3 is 9.73 Å². The number of benzene rings is 1. The highest BCUT2D eigenvalue weighted by Crippen LogP contribution is 2.24. The molecule has 4 heteroatoms. The summed E-state index contributed by atoms with van der Waals surface area (Å²) in [6.45, 7) is 3.82. The van der Waals surface area contributed by atoms with Crippen molar-refractivity contribution >= 4 is 0 Å². The molecule has 0 aliphatic carbocycles. The van der Waals surface area contributed by atoms with E-state index in [1.165, 1.54) is 6.07 Å².